The molecule has 1 aliphatic rings. The maximum atomic E-state index is 12.6. The number of aromatic nitrogens is 3. The molecule has 0 aliphatic heterocycles. The van der Waals surface area contributed by atoms with Gasteiger partial charge in [-0.2, -0.15) is 9.61 Å². The zero-order valence-electron chi connectivity index (χ0n) is 25.4. The van der Waals surface area contributed by atoms with Gasteiger partial charge >= 0.3 is 6.09 Å². The lowest BCUT2D eigenvalue weighted by Crippen LogP contribution is -2.35. The second-order valence-electron chi connectivity index (χ2n) is 9.97. The van der Waals surface area contributed by atoms with Crippen molar-refractivity contribution < 1.29 is 24.2 Å². The SMILES string of the molecule is CC.CC/C=N\C(OC)=C(/C)Nc1cc(N(C)C(=O)OC(C)(C)C)n2ncc(C(N)=O)c2n1.OC1CCCCC1. The van der Waals surface area contributed by atoms with Crippen molar-refractivity contribution in [1.29, 1.82) is 0 Å². The third kappa shape index (κ3) is 10.5. The summed E-state index contributed by atoms with van der Waals surface area (Å²) in [7, 11) is 3.04. The van der Waals surface area contributed by atoms with Crippen molar-refractivity contribution in [2.24, 2.45) is 10.7 Å². The highest BCUT2D eigenvalue weighted by atomic mass is 16.6. The van der Waals surface area contributed by atoms with E-state index in [0.717, 1.165) is 19.3 Å². The second kappa shape index (κ2) is 16.4. The molecule has 2 aromatic heterocycles. The van der Waals surface area contributed by atoms with Crippen molar-refractivity contribution in [2.75, 3.05) is 24.4 Å². The van der Waals surface area contributed by atoms with Gasteiger partial charge in [-0.05, 0) is 47.0 Å². The van der Waals surface area contributed by atoms with Gasteiger partial charge < -0.3 is 25.6 Å². The molecule has 0 radical (unpaired) electrons. The van der Waals surface area contributed by atoms with Crippen LogP contribution in [0.5, 0.6) is 0 Å². The average molecular weight is 562 g/mol. The molecule has 2 amide bonds. The predicted molar refractivity (Wildman–Crippen MR) is 159 cm³/mol. The molecule has 2 aromatic rings. The van der Waals surface area contributed by atoms with Gasteiger partial charge in [0.05, 0.1) is 25.1 Å². The normalized spacial score (nSPS) is 14.3. The van der Waals surface area contributed by atoms with Gasteiger partial charge in [0.1, 0.15) is 22.8 Å². The molecule has 1 fully saturated rings. The smallest absolute Gasteiger partial charge is 0.415 e. The van der Waals surface area contributed by atoms with Gasteiger partial charge in [-0.25, -0.2) is 14.8 Å². The predicted octanol–water partition coefficient (Wildman–Crippen LogP) is 5.27. The topological polar surface area (TPSA) is 157 Å². The standard InChI is InChI=1S/C20H29N7O4.C6H12O.C2H6/c1-8-9-22-18(30-7)12(2)24-14-10-15(26(6)19(29)31-20(3,4)5)27-17(25-14)13(11-23-27)16(21)28;7-6-4-2-1-3-5-6;1-2/h9-11H,8H2,1-7H3,(H2,21,28)(H,24,25);6-7H,1-5H2;1-2H3/b18-12-,22-9-;;. The second-order valence-corrected chi connectivity index (χ2v) is 9.97. The number of nitrogens with one attached hydrogen (secondary N) is 1. The summed E-state index contributed by atoms with van der Waals surface area (Å²) in [6.07, 6.45) is 9.08. The Morgan fingerprint density at radius 3 is 2.38 bits per heavy atom. The van der Waals surface area contributed by atoms with E-state index in [2.05, 4.69) is 20.4 Å². The number of aliphatic imine (C=N–C) groups is 1. The number of methoxy groups -OCH3 is 1. The van der Waals surface area contributed by atoms with Gasteiger partial charge in [0, 0.05) is 19.3 Å². The highest BCUT2D eigenvalue weighted by molar-refractivity contribution is 5.99. The maximum Gasteiger partial charge on any atom is 0.415 e. The number of primary amides is 1. The van der Waals surface area contributed by atoms with Crippen LogP contribution in [0.1, 0.15) is 97.3 Å². The molecule has 0 atom stereocenters. The van der Waals surface area contributed by atoms with Crippen LogP contribution in [0.2, 0.25) is 0 Å². The van der Waals surface area contributed by atoms with E-state index in [1.165, 1.54) is 49.0 Å². The van der Waals surface area contributed by atoms with Crippen molar-refractivity contribution in [1.82, 2.24) is 14.6 Å². The lowest BCUT2D eigenvalue weighted by atomic mass is 9.98. The molecule has 12 nitrogen and oxygen atoms in total. The lowest BCUT2D eigenvalue weighted by molar-refractivity contribution is 0.0587. The molecule has 0 aromatic carbocycles. The minimum absolute atomic E-state index is 0.0359. The molecule has 1 saturated carbocycles. The fourth-order valence-corrected chi connectivity index (χ4v) is 3.65. The van der Waals surface area contributed by atoms with E-state index >= 15 is 0 Å². The van der Waals surface area contributed by atoms with Crippen LogP contribution < -0.4 is 16.0 Å². The highest BCUT2D eigenvalue weighted by Crippen LogP contribution is 2.24. The molecule has 0 spiro atoms. The molecule has 40 heavy (non-hydrogen) atoms. The number of anilines is 2. The largest absolute Gasteiger partial charge is 0.480 e. The Morgan fingerprint density at radius 2 is 1.90 bits per heavy atom. The number of allylic oxidation sites excluding steroid dienone is 1. The van der Waals surface area contributed by atoms with E-state index in [-0.39, 0.29) is 17.3 Å². The number of rotatable bonds is 7. The average Bonchev–Trinajstić information content (AvgIpc) is 3.33. The number of nitrogens with two attached hydrogens (primary N) is 1. The number of ether oxygens (including phenoxy) is 2. The Balaban J connectivity index is 0.000000759. The molecule has 2 heterocycles. The number of carbonyl (C=O) groups is 2. The Labute approximate surface area is 237 Å². The van der Waals surface area contributed by atoms with Gasteiger partial charge in [0.15, 0.2) is 5.65 Å². The number of hydrogen-bond donors (Lipinski definition) is 3. The summed E-state index contributed by atoms with van der Waals surface area (Å²) in [6.45, 7) is 13.0. The number of carbonyl (C=O) groups excluding carboxylic acids is 2. The molecule has 1 aliphatic carbocycles. The first kappa shape index (κ1) is 34.4. The number of aliphatic hydroxyl groups is 1. The first-order valence-corrected chi connectivity index (χ1v) is 13.8. The van der Waals surface area contributed by atoms with E-state index in [0.29, 0.717) is 23.2 Å². The van der Waals surface area contributed by atoms with Crippen molar-refractivity contribution in [2.45, 2.75) is 98.7 Å². The van der Waals surface area contributed by atoms with Crippen LogP contribution in [0.4, 0.5) is 16.4 Å². The summed E-state index contributed by atoms with van der Waals surface area (Å²) in [5, 5.41) is 16.2. The van der Waals surface area contributed by atoms with Crippen molar-refractivity contribution >= 4 is 35.5 Å². The van der Waals surface area contributed by atoms with E-state index < -0.39 is 17.6 Å². The van der Waals surface area contributed by atoms with Crippen LogP contribution in [-0.4, -0.2) is 63.8 Å². The lowest BCUT2D eigenvalue weighted by Gasteiger charge is -2.25. The zero-order chi connectivity index (χ0) is 30.5. The summed E-state index contributed by atoms with van der Waals surface area (Å²) >= 11 is 0. The Morgan fingerprint density at radius 1 is 1.27 bits per heavy atom. The Hall–Kier alpha value is -3.67. The van der Waals surface area contributed by atoms with Gasteiger partial charge in [0.2, 0.25) is 5.88 Å². The minimum Gasteiger partial charge on any atom is -0.480 e. The van der Waals surface area contributed by atoms with Crippen LogP contribution in [-0.2, 0) is 9.47 Å². The van der Waals surface area contributed by atoms with Crippen molar-refractivity contribution in [3.05, 3.63) is 29.4 Å². The first-order chi connectivity index (χ1) is 18.9. The fraction of sp³-hybridized carbons (Fsp3) is 0.607. The van der Waals surface area contributed by atoms with Gasteiger partial charge in [-0.1, -0.05) is 40.0 Å². The third-order valence-corrected chi connectivity index (χ3v) is 5.53. The van der Waals surface area contributed by atoms with E-state index in [4.69, 9.17) is 20.3 Å². The van der Waals surface area contributed by atoms with E-state index in [1.54, 1.807) is 40.0 Å². The van der Waals surface area contributed by atoms with Crippen LogP contribution in [0.25, 0.3) is 5.65 Å². The zero-order valence-corrected chi connectivity index (χ0v) is 25.4. The van der Waals surface area contributed by atoms with Crippen LogP contribution in [0.15, 0.2) is 28.8 Å². The number of nitrogens with zero attached hydrogens (tertiary/aromatic N) is 5. The van der Waals surface area contributed by atoms with E-state index in [9.17, 15) is 9.59 Å². The summed E-state index contributed by atoms with van der Waals surface area (Å²) in [6, 6.07) is 1.59. The van der Waals surface area contributed by atoms with E-state index in [1.807, 2.05) is 20.8 Å². The van der Waals surface area contributed by atoms with Crippen LogP contribution >= 0.6 is 0 Å². The molecular formula is C28H47N7O5. The molecule has 0 bridgehead atoms. The quantitative estimate of drug-likeness (QED) is 0.305. The van der Waals surface area contributed by atoms with Gasteiger partial charge in [-0.15, -0.1) is 0 Å². The number of amides is 2. The fourth-order valence-electron chi connectivity index (χ4n) is 3.65. The van der Waals surface area contributed by atoms with Crippen molar-refractivity contribution in [3.8, 4) is 0 Å². The van der Waals surface area contributed by atoms with Crippen LogP contribution in [0, 0.1) is 0 Å². The monoisotopic (exact) mass is 561 g/mol. The summed E-state index contributed by atoms with van der Waals surface area (Å²) in [5.41, 5.74) is 5.65. The number of hydrogen-bond acceptors (Lipinski definition) is 9. The van der Waals surface area contributed by atoms with Gasteiger partial charge in [0.25, 0.3) is 5.91 Å². The molecule has 12 heteroatoms. The maximum absolute atomic E-state index is 12.6. The molecule has 0 saturated heterocycles. The van der Waals surface area contributed by atoms with Crippen molar-refractivity contribution in [3.63, 3.8) is 0 Å². The summed E-state index contributed by atoms with van der Waals surface area (Å²) in [5.74, 6) is 0.329. The third-order valence-electron chi connectivity index (χ3n) is 5.53. The Kier molecular flexibility index (Phi) is 14.1. The minimum atomic E-state index is -0.692. The number of aliphatic hydroxyl groups excluding tert-OH is 1. The molecule has 3 rings (SSSR count). The number of fused-ring (bicyclic) bond motifs is 1. The molecule has 4 N–H and O–H groups in total. The first-order valence-electron chi connectivity index (χ1n) is 13.8. The van der Waals surface area contributed by atoms with Gasteiger partial charge in [-0.3, -0.25) is 9.69 Å². The summed E-state index contributed by atoms with van der Waals surface area (Å²) < 4.78 is 12.1. The Bertz CT molecular complexity index is 1160. The van der Waals surface area contributed by atoms with Crippen LogP contribution in [0.3, 0.4) is 0 Å². The summed E-state index contributed by atoms with van der Waals surface area (Å²) in [4.78, 5) is 34.4. The highest BCUT2D eigenvalue weighted by Gasteiger charge is 2.25. The molecular weight excluding hydrogens is 514 g/mol. The molecule has 224 valence electrons. The molecule has 0 unspecified atom stereocenters.